The van der Waals surface area contributed by atoms with E-state index in [2.05, 4.69) is 11.4 Å². The fraction of sp³-hybridized carbons (Fsp3) is 0.481. The molecule has 0 aliphatic heterocycles. The number of hydrogen-bond acceptors (Lipinski definition) is 3. The molecule has 0 saturated heterocycles. The second kappa shape index (κ2) is 11.2. The molecule has 0 spiro atoms. The summed E-state index contributed by atoms with van der Waals surface area (Å²) in [5.74, 6) is 0.434. The van der Waals surface area contributed by atoms with Gasteiger partial charge in [-0.25, -0.2) is 0 Å². The van der Waals surface area contributed by atoms with Crippen LogP contribution < -0.4 is 10.1 Å². The van der Waals surface area contributed by atoms with Gasteiger partial charge in [0.2, 0.25) is 5.91 Å². The van der Waals surface area contributed by atoms with Crippen molar-refractivity contribution in [3.05, 3.63) is 64.7 Å². The van der Waals surface area contributed by atoms with Crippen LogP contribution in [-0.4, -0.2) is 35.4 Å². The monoisotopic (exact) mass is 436 g/mol. The molecule has 5 heteroatoms. The van der Waals surface area contributed by atoms with Crippen LogP contribution in [0.2, 0.25) is 0 Å². The quantitative estimate of drug-likeness (QED) is 0.611. The molecule has 1 aliphatic rings. The Hall–Kier alpha value is -2.82. The molecule has 2 aromatic carbocycles. The van der Waals surface area contributed by atoms with Crippen LogP contribution >= 0.6 is 0 Å². The molecule has 5 nitrogen and oxygen atoms in total. The lowest BCUT2D eigenvalue weighted by Crippen LogP contribution is -2.52. The lowest BCUT2D eigenvalue weighted by atomic mass is 10.1. The summed E-state index contributed by atoms with van der Waals surface area (Å²) in [6, 6.07) is 13.6. The maximum Gasteiger partial charge on any atom is 0.261 e. The molecule has 1 aliphatic carbocycles. The number of hydrogen-bond donors (Lipinski definition) is 1. The van der Waals surface area contributed by atoms with E-state index in [0.29, 0.717) is 18.7 Å². The predicted molar refractivity (Wildman–Crippen MR) is 128 cm³/mol. The van der Waals surface area contributed by atoms with Gasteiger partial charge in [0.15, 0.2) is 6.61 Å². The van der Waals surface area contributed by atoms with Crippen molar-refractivity contribution < 1.29 is 14.3 Å². The van der Waals surface area contributed by atoms with Gasteiger partial charge in [0.1, 0.15) is 11.8 Å². The molecule has 172 valence electrons. The average molecular weight is 437 g/mol. The summed E-state index contributed by atoms with van der Waals surface area (Å²) in [5, 5.41) is 3.18. The summed E-state index contributed by atoms with van der Waals surface area (Å²) < 4.78 is 5.86. The highest BCUT2D eigenvalue weighted by molar-refractivity contribution is 5.88. The smallest absolute Gasteiger partial charge is 0.261 e. The molecule has 0 bridgehead atoms. The van der Waals surface area contributed by atoms with Crippen molar-refractivity contribution in [2.75, 3.05) is 6.61 Å². The van der Waals surface area contributed by atoms with Crippen LogP contribution in [0.4, 0.5) is 0 Å². The van der Waals surface area contributed by atoms with Crippen LogP contribution in [0.15, 0.2) is 42.5 Å². The van der Waals surface area contributed by atoms with E-state index >= 15 is 0 Å². The van der Waals surface area contributed by atoms with E-state index in [1.165, 1.54) is 0 Å². The van der Waals surface area contributed by atoms with E-state index in [-0.39, 0.29) is 24.5 Å². The lowest BCUT2D eigenvalue weighted by Gasteiger charge is -2.32. The molecule has 0 radical (unpaired) electrons. The molecule has 0 heterocycles. The zero-order valence-corrected chi connectivity index (χ0v) is 19.8. The first-order valence-electron chi connectivity index (χ1n) is 11.7. The summed E-state index contributed by atoms with van der Waals surface area (Å²) in [6.45, 7) is 8.30. The van der Waals surface area contributed by atoms with Gasteiger partial charge >= 0.3 is 0 Å². The largest absolute Gasteiger partial charge is 0.484 e. The summed E-state index contributed by atoms with van der Waals surface area (Å²) in [6.07, 6.45) is 4.89. The number of nitrogens with one attached hydrogen (secondary N) is 1. The molecular weight excluding hydrogens is 400 g/mol. The summed E-state index contributed by atoms with van der Waals surface area (Å²) >= 11 is 0. The lowest BCUT2D eigenvalue weighted by molar-refractivity contribution is -0.143. The van der Waals surface area contributed by atoms with Gasteiger partial charge in [0, 0.05) is 12.6 Å². The number of benzene rings is 2. The minimum absolute atomic E-state index is 0.0623. The van der Waals surface area contributed by atoms with Gasteiger partial charge in [-0.2, -0.15) is 0 Å². The Morgan fingerprint density at radius 1 is 1.06 bits per heavy atom. The van der Waals surface area contributed by atoms with Crippen LogP contribution in [0, 0.1) is 20.8 Å². The Morgan fingerprint density at radius 2 is 1.72 bits per heavy atom. The molecule has 0 aromatic heterocycles. The third-order valence-electron chi connectivity index (χ3n) is 6.25. The Bertz CT molecular complexity index is 914. The predicted octanol–water partition coefficient (Wildman–Crippen LogP) is 4.86. The number of rotatable bonds is 9. The summed E-state index contributed by atoms with van der Waals surface area (Å²) in [5.41, 5.74) is 4.32. The fourth-order valence-corrected chi connectivity index (χ4v) is 4.50. The number of amides is 2. The summed E-state index contributed by atoms with van der Waals surface area (Å²) in [4.78, 5) is 28.2. The van der Waals surface area contributed by atoms with Crippen molar-refractivity contribution in [2.45, 2.75) is 78.4 Å². The van der Waals surface area contributed by atoms with Crippen molar-refractivity contribution in [1.29, 1.82) is 0 Å². The van der Waals surface area contributed by atoms with Gasteiger partial charge in [-0.15, -0.1) is 0 Å². The Kier molecular flexibility index (Phi) is 8.32. The average Bonchev–Trinajstić information content (AvgIpc) is 3.25. The number of nitrogens with zero attached hydrogens (tertiary/aromatic N) is 1. The van der Waals surface area contributed by atoms with E-state index < -0.39 is 6.04 Å². The Morgan fingerprint density at radius 3 is 2.34 bits per heavy atom. The minimum Gasteiger partial charge on any atom is -0.484 e. The highest BCUT2D eigenvalue weighted by atomic mass is 16.5. The van der Waals surface area contributed by atoms with Crippen LogP contribution in [0.1, 0.15) is 61.3 Å². The second-order valence-corrected chi connectivity index (χ2v) is 8.97. The van der Waals surface area contributed by atoms with Crippen LogP contribution in [0.3, 0.4) is 0 Å². The van der Waals surface area contributed by atoms with Gasteiger partial charge in [0.05, 0.1) is 0 Å². The maximum atomic E-state index is 13.4. The number of carbonyl (C=O) groups excluding carboxylic acids is 2. The van der Waals surface area contributed by atoms with Crippen molar-refractivity contribution in [1.82, 2.24) is 10.2 Å². The van der Waals surface area contributed by atoms with Crippen molar-refractivity contribution in [3.63, 3.8) is 0 Å². The number of carbonyl (C=O) groups is 2. The molecule has 1 atom stereocenters. The van der Waals surface area contributed by atoms with E-state index in [1.54, 1.807) is 4.90 Å². The zero-order chi connectivity index (χ0) is 23.1. The first kappa shape index (κ1) is 23.8. The minimum atomic E-state index is -0.523. The van der Waals surface area contributed by atoms with E-state index in [4.69, 9.17) is 4.74 Å². The Labute approximate surface area is 192 Å². The van der Waals surface area contributed by atoms with Crippen molar-refractivity contribution in [2.24, 2.45) is 0 Å². The molecule has 1 N–H and O–H groups in total. The first-order chi connectivity index (χ1) is 15.4. The third kappa shape index (κ3) is 6.35. The Balaban J connectivity index is 1.78. The second-order valence-electron chi connectivity index (χ2n) is 8.97. The van der Waals surface area contributed by atoms with Gasteiger partial charge in [-0.3, -0.25) is 9.59 Å². The number of aryl methyl sites for hydroxylation is 3. The SMILES string of the molecule is CC[C@H](C(=O)NC1CCCC1)N(Cc1ccccc1C)C(=O)COc1cc(C)cc(C)c1. The van der Waals surface area contributed by atoms with E-state index in [0.717, 1.165) is 47.9 Å². The molecule has 0 unspecified atom stereocenters. The third-order valence-corrected chi connectivity index (χ3v) is 6.25. The number of ether oxygens (including phenoxy) is 1. The highest BCUT2D eigenvalue weighted by Crippen LogP contribution is 2.21. The zero-order valence-electron chi connectivity index (χ0n) is 19.8. The fourth-order valence-electron chi connectivity index (χ4n) is 4.50. The standard InChI is InChI=1S/C27H36N2O3/c1-5-25(27(31)28-23-12-8-9-13-23)29(17-22-11-7-6-10-21(22)4)26(30)18-32-24-15-19(2)14-20(3)16-24/h6-7,10-11,14-16,23,25H,5,8-9,12-13,17-18H2,1-4H3,(H,28,31)/t25-/m1/s1. The highest BCUT2D eigenvalue weighted by Gasteiger charge is 2.31. The first-order valence-corrected chi connectivity index (χ1v) is 11.7. The van der Waals surface area contributed by atoms with Crippen LogP contribution in [-0.2, 0) is 16.1 Å². The molecule has 1 saturated carbocycles. The molecule has 2 aromatic rings. The van der Waals surface area contributed by atoms with Crippen molar-refractivity contribution >= 4 is 11.8 Å². The summed E-state index contributed by atoms with van der Waals surface area (Å²) in [7, 11) is 0. The van der Waals surface area contributed by atoms with E-state index in [9.17, 15) is 9.59 Å². The van der Waals surface area contributed by atoms with Crippen LogP contribution in [0.25, 0.3) is 0 Å². The molecule has 1 fully saturated rings. The topological polar surface area (TPSA) is 58.6 Å². The molecular formula is C27H36N2O3. The maximum absolute atomic E-state index is 13.4. The van der Waals surface area contributed by atoms with Crippen LogP contribution in [0.5, 0.6) is 5.75 Å². The normalized spacial score (nSPS) is 14.8. The molecule has 32 heavy (non-hydrogen) atoms. The molecule has 3 rings (SSSR count). The molecule has 2 amide bonds. The van der Waals surface area contributed by atoms with Gasteiger partial charge in [-0.05, 0) is 74.4 Å². The van der Waals surface area contributed by atoms with E-state index in [1.807, 2.05) is 64.1 Å². The van der Waals surface area contributed by atoms with Gasteiger partial charge < -0.3 is 15.0 Å². The van der Waals surface area contributed by atoms with Gasteiger partial charge in [0.25, 0.3) is 5.91 Å². The van der Waals surface area contributed by atoms with Crippen molar-refractivity contribution in [3.8, 4) is 5.75 Å². The van der Waals surface area contributed by atoms with Gasteiger partial charge in [-0.1, -0.05) is 50.1 Å².